The van der Waals surface area contributed by atoms with E-state index in [4.69, 9.17) is 0 Å². The van der Waals surface area contributed by atoms with Gasteiger partial charge in [-0.2, -0.15) is 0 Å². The van der Waals surface area contributed by atoms with E-state index in [0.29, 0.717) is 4.90 Å². The van der Waals surface area contributed by atoms with E-state index in [1.54, 1.807) is 36.4 Å². The van der Waals surface area contributed by atoms with Crippen molar-refractivity contribution >= 4 is 16.6 Å². The van der Waals surface area contributed by atoms with Crippen molar-refractivity contribution in [3.63, 3.8) is 0 Å². The Bertz CT molecular complexity index is 599. The average Bonchev–Trinajstić information content (AvgIpc) is 2.46. The third-order valence-electron chi connectivity index (χ3n) is 2.56. The van der Waals surface area contributed by atoms with Gasteiger partial charge in [-0.25, -0.2) is 4.39 Å². The molecule has 0 saturated heterocycles. The van der Waals surface area contributed by atoms with Crippen LogP contribution in [0.15, 0.2) is 53.6 Å². The highest BCUT2D eigenvalue weighted by Gasteiger charge is 2.27. The molecule has 0 aliphatic heterocycles. The lowest BCUT2D eigenvalue weighted by Gasteiger charge is -2.07. The Morgan fingerprint density at radius 2 is 1.89 bits per heavy atom. The molecule has 1 heterocycles. The second-order valence-electron chi connectivity index (χ2n) is 4.01. The van der Waals surface area contributed by atoms with Crippen LogP contribution >= 0.6 is 0 Å². The largest absolute Gasteiger partial charge is 0.288 e. The first-order chi connectivity index (χ1) is 9.09. The number of aryl methyl sites for hydroxylation is 1. The molecular weight excluding hydrogens is 265 g/mol. The maximum Gasteiger partial charge on any atom is 0.243 e. The molecule has 2 atom stereocenters. The lowest BCUT2D eigenvalue weighted by Crippen LogP contribution is -2.22. The van der Waals surface area contributed by atoms with E-state index in [9.17, 15) is 13.4 Å². The van der Waals surface area contributed by atoms with Crippen LogP contribution in [0.2, 0.25) is 0 Å². The summed E-state index contributed by atoms with van der Waals surface area (Å²) in [6, 6.07) is 11.2. The van der Waals surface area contributed by atoms with E-state index in [1.165, 1.54) is 12.3 Å². The molecule has 19 heavy (non-hydrogen) atoms. The van der Waals surface area contributed by atoms with Crippen molar-refractivity contribution in [2.24, 2.45) is 0 Å². The zero-order valence-electron chi connectivity index (χ0n) is 10.2. The number of nitrogens with zero attached hydrogens (tertiary/aromatic N) is 1. The van der Waals surface area contributed by atoms with Gasteiger partial charge in [-0.3, -0.25) is 14.0 Å². The third-order valence-corrected chi connectivity index (χ3v) is 3.89. The predicted molar refractivity (Wildman–Crippen MR) is 71.1 cm³/mol. The molecule has 0 aliphatic rings. The van der Waals surface area contributed by atoms with Crippen LogP contribution in [0.1, 0.15) is 16.1 Å². The topological polar surface area (TPSA) is 47.0 Å². The molecule has 0 spiro atoms. The van der Waals surface area contributed by atoms with Gasteiger partial charge in [0.05, 0.1) is 10.8 Å². The summed E-state index contributed by atoms with van der Waals surface area (Å²) in [5.74, 6) is -0.862. The molecule has 0 aliphatic carbocycles. The minimum Gasteiger partial charge on any atom is -0.288 e. The van der Waals surface area contributed by atoms with Crippen molar-refractivity contribution in [2.45, 2.75) is 17.3 Å². The molecule has 0 radical (unpaired) electrons. The molecule has 0 N–H and O–H groups in total. The van der Waals surface area contributed by atoms with Crippen molar-refractivity contribution in [1.82, 2.24) is 4.98 Å². The van der Waals surface area contributed by atoms with Crippen molar-refractivity contribution in [1.29, 1.82) is 0 Å². The summed E-state index contributed by atoms with van der Waals surface area (Å²) in [4.78, 5) is 15.9. The Morgan fingerprint density at radius 1 is 1.21 bits per heavy atom. The summed E-state index contributed by atoms with van der Waals surface area (Å²) in [5, 5.41) is 0. The van der Waals surface area contributed by atoms with Gasteiger partial charge >= 0.3 is 0 Å². The first-order valence-corrected chi connectivity index (χ1v) is 6.87. The molecule has 1 aromatic heterocycles. The van der Waals surface area contributed by atoms with Crippen molar-refractivity contribution < 1.29 is 13.4 Å². The molecule has 2 aromatic rings. The quantitative estimate of drug-likeness (QED) is 0.807. The van der Waals surface area contributed by atoms with E-state index in [2.05, 4.69) is 4.98 Å². The maximum atomic E-state index is 14.0. The molecule has 3 nitrogen and oxygen atoms in total. The highest BCUT2D eigenvalue weighted by molar-refractivity contribution is 7.86. The number of benzene rings is 1. The first kappa shape index (κ1) is 13.5. The van der Waals surface area contributed by atoms with Gasteiger partial charge in [0, 0.05) is 11.1 Å². The predicted octanol–water partition coefficient (Wildman–Crippen LogP) is 2.68. The normalized spacial score (nSPS) is 13.8. The number of aromatic nitrogens is 1. The fraction of sp³-hybridized carbons (Fsp3) is 0.143. The average molecular weight is 277 g/mol. The van der Waals surface area contributed by atoms with Crippen LogP contribution in [0.3, 0.4) is 0 Å². The van der Waals surface area contributed by atoms with Gasteiger partial charge in [-0.15, -0.1) is 0 Å². The van der Waals surface area contributed by atoms with E-state index >= 15 is 0 Å². The number of hydrogen-bond donors (Lipinski definition) is 0. The number of halogens is 1. The fourth-order valence-corrected chi connectivity index (χ4v) is 2.47. The number of alkyl halides is 1. The summed E-state index contributed by atoms with van der Waals surface area (Å²) in [6.45, 7) is 1.87. The fourth-order valence-electron chi connectivity index (χ4n) is 1.51. The molecule has 0 saturated carbocycles. The molecule has 1 aromatic carbocycles. The van der Waals surface area contributed by atoms with Gasteiger partial charge < -0.3 is 0 Å². The summed E-state index contributed by atoms with van der Waals surface area (Å²) >= 11 is 0. The highest BCUT2D eigenvalue weighted by Crippen LogP contribution is 2.16. The van der Waals surface area contributed by atoms with Crippen LogP contribution < -0.4 is 0 Å². The Balaban J connectivity index is 2.20. The van der Waals surface area contributed by atoms with Gasteiger partial charge in [-0.1, -0.05) is 23.8 Å². The molecule has 98 valence electrons. The number of Topliss-reactive ketones (excluding diaryl/α,β-unsaturated/α-hetero) is 1. The minimum atomic E-state index is -2.10. The number of pyridine rings is 1. The van der Waals surface area contributed by atoms with Crippen LogP contribution in [-0.2, 0) is 10.8 Å². The minimum absolute atomic E-state index is 0.0181. The number of rotatable bonds is 4. The Morgan fingerprint density at radius 3 is 2.47 bits per heavy atom. The van der Waals surface area contributed by atoms with Gasteiger partial charge in [0.15, 0.2) is 0 Å². The van der Waals surface area contributed by atoms with Gasteiger partial charge in [0.25, 0.3) is 0 Å². The lowest BCUT2D eigenvalue weighted by molar-refractivity contribution is 0.0931. The van der Waals surface area contributed by atoms with Gasteiger partial charge in [0.2, 0.25) is 11.3 Å². The maximum absolute atomic E-state index is 14.0. The SMILES string of the molecule is Cc1ccc([S@](=O)C(F)C(=O)c2ccccn2)cc1. The molecule has 0 bridgehead atoms. The molecule has 2 rings (SSSR count). The smallest absolute Gasteiger partial charge is 0.243 e. The van der Waals surface area contributed by atoms with Crippen molar-refractivity contribution in [3.05, 3.63) is 59.9 Å². The standard InChI is InChI=1S/C14H12FNO2S/c1-10-5-7-11(8-6-10)19(18)14(15)13(17)12-4-2-3-9-16-12/h2-9,14H,1H3/t14?,19-/m0/s1. The van der Waals surface area contributed by atoms with E-state index in [-0.39, 0.29) is 5.69 Å². The number of hydrogen-bond acceptors (Lipinski definition) is 3. The van der Waals surface area contributed by atoms with Crippen LogP contribution in [0.4, 0.5) is 4.39 Å². The van der Waals surface area contributed by atoms with Gasteiger partial charge in [-0.05, 0) is 31.2 Å². The van der Waals surface area contributed by atoms with E-state index < -0.39 is 22.1 Å². The summed E-state index contributed by atoms with van der Waals surface area (Å²) in [7, 11) is -2.02. The Hall–Kier alpha value is -1.88. The van der Waals surface area contributed by atoms with Crippen LogP contribution in [0.25, 0.3) is 0 Å². The molecule has 1 unspecified atom stereocenters. The first-order valence-electron chi connectivity index (χ1n) is 5.66. The number of carbonyl (C=O) groups excluding carboxylic acids is 1. The van der Waals surface area contributed by atoms with Crippen molar-refractivity contribution in [2.75, 3.05) is 0 Å². The Labute approximate surface area is 113 Å². The zero-order valence-corrected chi connectivity index (χ0v) is 11.1. The van der Waals surface area contributed by atoms with Crippen LogP contribution in [0.5, 0.6) is 0 Å². The highest BCUT2D eigenvalue weighted by atomic mass is 32.2. The monoisotopic (exact) mass is 277 g/mol. The van der Waals surface area contributed by atoms with Crippen LogP contribution in [-0.4, -0.2) is 20.5 Å². The van der Waals surface area contributed by atoms with Gasteiger partial charge in [0.1, 0.15) is 5.69 Å². The molecule has 5 heteroatoms. The molecular formula is C14H12FNO2S. The summed E-state index contributed by atoms with van der Waals surface area (Å²) in [5.41, 5.74) is -1.14. The molecule has 0 amide bonds. The third kappa shape index (κ3) is 3.12. The van der Waals surface area contributed by atoms with E-state index in [1.807, 2.05) is 6.92 Å². The molecule has 0 fully saturated rings. The van der Waals surface area contributed by atoms with E-state index in [0.717, 1.165) is 5.56 Å². The second kappa shape index (κ2) is 5.84. The number of ketones is 1. The Kier molecular flexibility index (Phi) is 4.16. The lowest BCUT2D eigenvalue weighted by atomic mass is 10.2. The summed E-state index contributed by atoms with van der Waals surface area (Å²) in [6.07, 6.45) is 1.40. The second-order valence-corrected chi connectivity index (χ2v) is 5.49. The van der Waals surface area contributed by atoms with Crippen LogP contribution in [0, 0.1) is 6.92 Å². The summed E-state index contributed by atoms with van der Waals surface area (Å²) < 4.78 is 25.9. The zero-order chi connectivity index (χ0) is 13.8. The number of carbonyl (C=O) groups is 1. The van der Waals surface area contributed by atoms with Crippen molar-refractivity contribution in [3.8, 4) is 0 Å².